The van der Waals surface area contributed by atoms with E-state index in [-0.39, 0.29) is 5.91 Å². The molecular weight excluding hydrogens is 246 g/mol. The van der Waals surface area contributed by atoms with Crippen molar-refractivity contribution in [3.8, 4) is 0 Å². The maximum Gasteiger partial charge on any atom is 0.329 e. The molecule has 0 fully saturated rings. The van der Waals surface area contributed by atoms with Gasteiger partial charge in [0.25, 0.3) is 0 Å². The van der Waals surface area contributed by atoms with Gasteiger partial charge in [-0.1, -0.05) is 0 Å². The van der Waals surface area contributed by atoms with Gasteiger partial charge in [0.15, 0.2) is 0 Å². The zero-order chi connectivity index (χ0) is 14.8. The van der Waals surface area contributed by atoms with E-state index in [1.165, 1.54) is 14.0 Å². The van der Waals surface area contributed by atoms with Crippen molar-refractivity contribution < 1.29 is 14.3 Å². The highest BCUT2D eigenvalue weighted by Crippen LogP contribution is 1.94. The van der Waals surface area contributed by atoms with E-state index in [0.717, 1.165) is 19.5 Å². The van der Waals surface area contributed by atoms with Crippen LogP contribution in [0.5, 0.6) is 0 Å². The molecule has 6 heteroatoms. The summed E-state index contributed by atoms with van der Waals surface area (Å²) in [6, 6.07) is -0.0903. The predicted molar refractivity (Wildman–Crippen MR) is 74.9 cm³/mol. The molecule has 19 heavy (non-hydrogen) atoms. The Hall–Kier alpha value is -1.14. The molecule has 0 aliphatic rings. The van der Waals surface area contributed by atoms with Crippen LogP contribution in [0.1, 0.15) is 27.2 Å². The summed E-state index contributed by atoms with van der Waals surface area (Å²) in [4.78, 5) is 24.7. The Morgan fingerprint density at radius 1 is 1.32 bits per heavy atom. The summed E-state index contributed by atoms with van der Waals surface area (Å²) < 4.78 is 4.64. The molecule has 112 valence electrons. The van der Waals surface area contributed by atoms with Crippen molar-refractivity contribution in [3.63, 3.8) is 0 Å². The van der Waals surface area contributed by atoms with Crippen LogP contribution in [0, 0.1) is 0 Å². The zero-order valence-electron chi connectivity index (χ0n) is 12.7. The third-order valence-corrected chi connectivity index (χ3v) is 2.96. The first-order chi connectivity index (χ1) is 8.88. The molecule has 0 rings (SSSR count). The molecule has 0 aromatic carbocycles. The van der Waals surface area contributed by atoms with Crippen molar-refractivity contribution in [3.05, 3.63) is 0 Å². The topological polar surface area (TPSA) is 70.7 Å². The SMILES string of the molecule is COC(=O)C(CNCCCN(C)C(C)C)NC(C)=O. The number of hydrogen-bond donors (Lipinski definition) is 2. The molecule has 0 aliphatic heterocycles. The fourth-order valence-electron chi connectivity index (χ4n) is 1.54. The molecule has 2 N–H and O–H groups in total. The highest BCUT2D eigenvalue weighted by molar-refractivity contribution is 5.83. The Morgan fingerprint density at radius 3 is 2.42 bits per heavy atom. The first kappa shape index (κ1) is 17.9. The Bertz CT molecular complexity index is 282. The number of amides is 1. The largest absolute Gasteiger partial charge is 0.467 e. The van der Waals surface area contributed by atoms with Crippen LogP contribution in [0.4, 0.5) is 0 Å². The first-order valence-electron chi connectivity index (χ1n) is 6.64. The molecule has 0 aliphatic carbocycles. The lowest BCUT2D eigenvalue weighted by Gasteiger charge is -2.21. The minimum absolute atomic E-state index is 0.239. The van der Waals surface area contributed by atoms with Crippen LogP contribution in [0.2, 0.25) is 0 Å². The number of hydrogen-bond acceptors (Lipinski definition) is 5. The smallest absolute Gasteiger partial charge is 0.329 e. The van der Waals surface area contributed by atoms with E-state index in [0.29, 0.717) is 12.6 Å². The van der Waals surface area contributed by atoms with Crippen LogP contribution in [-0.2, 0) is 14.3 Å². The molecule has 1 atom stereocenters. The standard InChI is InChI=1S/C13H27N3O3/c1-10(2)16(4)8-6-7-14-9-12(13(18)19-5)15-11(3)17/h10,12,14H,6-9H2,1-5H3,(H,15,17). The maximum absolute atomic E-state index is 11.4. The van der Waals surface area contributed by atoms with Gasteiger partial charge in [-0.2, -0.15) is 0 Å². The van der Waals surface area contributed by atoms with Gasteiger partial charge < -0.3 is 20.3 Å². The van der Waals surface area contributed by atoms with Gasteiger partial charge in [-0.05, 0) is 40.4 Å². The molecule has 0 saturated carbocycles. The Kier molecular flexibility index (Phi) is 9.16. The maximum atomic E-state index is 11.4. The number of nitrogens with zero attached hydrogens (tertiary/aromatic N) is 1. The summed E-state index contributed by atoms with van der Waals surface area (Å²) in [6.07, 6.45) is 0.989. The summed E-state index contributed by atoms with van der Waals surface area (Å²) in [5, 5.41) is 5.72. The molecule has 0 spiro atoms. The lowest BCUT2D eigenvalue weighted by atomic mass is 10.2. The van der Waals surface area contributed by atoms with Gasteiger partial charge in [0, 0.05) is 19.5 Å². The van der Waals surface area contributed by atoms with E-state index < -0.39 is 12.0 Å². The van der Waals surface area contributed by atoms with E-state index in [4.69, 9.17) is 0 Å². The van der Waals surface area contributed by atoms with Crippen LogP contribution in [0.25, 0.3) is 0 Å². The van der Waals surface area contributed by atoms with Gasteiger partial charge >= 0.3 is 5.97 Å². The number of carbonyl (C=O) groups excluding carboxylic acids is 2. The number of ether oxygens (including phenoxy) is 1. The predicted octanol–water partition coefficient (Wildman–Crippen LogP) is -0.0160. The second-order valence-corrected chi connectivity index (χ2v) is 4.91. The third kappa shape index (κ3) is 8.56. The monoisotopic (exact) mass is 273 g/mol. The van der Waals surface area contributed by atoms with E-state index in [2.05, 4.69) is 41.2 Å². The van der Waals surface area contributed by atoms with Crippen molar-refractivity contribution in [1.29, 1.82) is 0 Å². The molecule has 0 bridgehead atoms. The van der Waals surface area contributed by atoms with Crippen LogP contribution < -0.4 is 10.6 Å². The highest BCUT2D eigenvalue weighted by atomic mass is 16.5. The summed E-state index contributed by atoms with van der Waals surface area (Å²) in [5.74, 6) is -0.668. The lowest BCUT2D eigenvalue weighted by Crippen LogP contribution is -2.47. The number of methoxy groups -OCH3 is 1. The van der Waals surface area contributed by atoms with E-state index in [1.54, 1.807) is 0 Å². The summed E-state index contributed by atoms with van der Waals surface area (Å²) in [7, 11) is 3.40. The van der Waals surface area contributed by atoms with Crippen molar-refractivity contribution in [2.24, 2.45) is 0 Å². The van der Waals surface area contributed by atoms with Crippen molar-refractivity contribution in [2.75, 3.05) is 33.8 Å². The number of carbonyl (C=O) groups is 2. The quantitative estimate of drug-likeness (QED) is 0.456. The van der Waals surface area contributed by atoms with E-state index >= 15 is 0 Å². The van der Waals surface area contributed by atoms with Crippen molar-refractivity contribution in [1.82, 2.24) is 15.5 Å². The Morgan fingerprint density at radius 2 is 1.95 bits per heavy atom. The third-order valence-electron chi connectivity index (χ3n) is 2.96. The van der Waals surface area contributed by atoms with E-state index in [9.17, 15) is 9.59 Å². The molecule has 0 heterocycles. The van der Waals surface area contributed by atoms with Gasteiger partial charge in [-0.25, -0.2) is 4.79 Å². The number of esters is 1. The fraction of sp³-hybridized carbons (Fsp3) is 0.846. The highest BCUT2D eigenvalue weighted by Gasteiger charge is 2.19. The second kappa shape index (κ2) is 9.75. The molecule has 0 aromatic heterocycles. The molecule has 0 saturated heterocycles. The minimum atomic E-state index is -0.620. The van der Waals surface area contributed by atoms with Crippen LogP contribution >= 0.6 is 0 Å². The Balaban J connectivity index is 3.87. The number of rotatable bonds is 9. The van der Waals surface area contributed by atoms with Crippen molar-refractivity contribution >= 4 is 11.9 Å². The summed E-state index contributed by atoms with van der Waals surface area (Å²) >= 11 is 0. The molecule has 0 radical (unpaired) electrons. The van der Waals surface area contributed by atoms with Crippen molar-refractivity contribution in [2.45, 2.75) is 39.3 Å². The molecule has 0 aromatic rings. The minimum Gasteiger partial charge on any atom is -0.467 e. The van der Waals surface area contributed by atoms with E-state index in [1.807, 2.05) is 0 Å². The lowest BCUT2D eigenvalue weighted by molar-refractivity contribution is -0.144. The summed E-state index contributed by atoms with van der Waals surface area (Å²) in [5.41, 5.74) is 0. The molecule has 1 unspecified atom stereocenters. The van der Waals surface area contributed by atoms with Crippen LogP contribution in [-0.4, -0.2) is 62.7 Å². The number of nitrogens with one attached hydrogen (secondary N) is 2. The average molecular weight is 273 g/mol. The fourth-order valence-corrected chi connectivity index (χ4v) is 1.54. The van der Waals surface area contributed by atoms with Gasteiger partial charge in [-0.3, -0.25) is 4.79 Å². The van der Waals surface area contributed by atoms with Gasteiger partial charge in [0.2, 0.25) is 5.91 Å². The van der Waals surface area contributed by atoms with Crippen LogP contribution in [0.15, 0.2) is 0 Å². The van der Waals surface area contributed by atoms with Gasteiger partial charge in [0.1, 0.15) is 6.04 Å². The first-order valence-corrected chi connectivity index (χ1v) is 6.64. The molecule has 1 amide bonds. The summed E-state index contributed by atoms with van der Waals surface area (Å²) in [6.45, 7) is 7.86. The average Bonchev–Trinajstić information content (AvgIpc) is 2.35. The normalized spacial score (nSPS) is 12.6. The Labute approximate surface area is 115 Å². The van der Waals surface area contributed by atoms with Gasteiger partial charge in [-0.15, -0.1) is 0 Å². The molecular formula is C13H27N3O3. The van der Waals surface area contributed by atoms with Crippen LogP contribution in [0.3, 0.4) is 0 Å². The van der Waals surface area contributed by atoms with Gasteiger partial charge in [0.05, 0.1) is 7.11 Å². The second-order valence-electron chi connectivity index (χ2n) is 4.91. The zero-order valence-corrected chi connectivity index (χ0v) is 12.7. The molecule has 6 nitrogen and oxygen atoms in total.